The zero-order valence-corrected chi connectivity index (χ0v) is 13.8. The Morgan fingerprint density at radius 3 is 2.62 bits per heavy atom. The van der Waals surface area contributed by atoms with Gasteiger partial charge in [-0.3, -0.25) is 9.78 Å². The molecule has 0 saturated carbocycles. The van der Waals surface area contributed by atoms with Gasteiger partial charge in [-0.2, -0.15) is 0 Å². The normalized spacial score (nSPS) is 16.0. The number of halogens is 1. The van der Waals surface area contributed by atoms with E-state index in [0.29, 0.717) is 24.3 Å². The molecule has 1 amide bonds. The predicted octanol–water partition coefficient (Wildman–Crippen LogP) is 1.48. The molecule has 1 aliphatic rings. The standard InChI is InChI=1S/C15H23BrN4O/c16-11-15(21)20(10-5-17)12-13-3-8-19(9-4-13)14-1-6-18-7-2-14/h1-2,6-7,13H,3-5,8-12,17H2. The molecule has 6 heteroatoms. The molecule has 0 bridgehead atoms. The Labute approximate surface area is 134 Å². The van der Waals surface area contributed by atoms with Gasteiger partial charge in [0.05, 0.1) is 5.33 Å². The molecule has 0 aliphatic carbocycles. The Morgan fingerprint density at radius 1 is 1.38 bits per heavy atom. The van der Waals surface area contributed by atoms with Gasteiger partial charge in [-0.25, -0.2) is 0 Å². The van der Waals surface area contributed by atoms with Crippen molar-refractivity contribution in [3.8, 4) is 0 Å². The van der Waals surface area contributed by atoms with Crippen molar-refractivity contribution in [1.82, 2.24) is 9.88 Å². The summed E-state index contributed by atoms with van der Waals surface area (Å²) >= 11 is 3.24. The fraction of sp³-hybridized carbons (Fsp3) is 0.600. The van der Waals surface area contributed by atoms with E-state index in [4.69, 9.17) is 5.73 Å². The maximum absolute atomic E-state index is 11.9. The summed E-state index contributed by atoms with van der Waals surface area (Å²) in [6.07, 6.45) is 5.88. The van der Waals surface area contributed by atoms with E-state index in [-0.39, 0.29) is 5.91 Å². The first kappa shape index (κ1) is 16.2. The minimum Gasteiger partial charge on any atom is -0.371 e. The van der Waals surface area contributed by atoms with Crippen LogP contribution < -0.4 is 10.6 Å². The molecule has 5 nitrogen and oxygen atoms in total. The van der Waals surface area contributed by atoms with Gasteiger partial charge in [-0.05, 0) is 30.9 Å². The van der Waals surface area contributed by atoms with Crippen LogP contribution in [-0.2, 0) is 4.79 Å². The highest BCUT2D eigenvalue weighted by Crippen LogP contribution is 2.23. The number of hydrogen-bond donors (Lipinski definition) is 1. The highest BCUT2D eigenvalue weighted by atomic mass is 79.9. The number of aromatic nitrogens is 1. The Balaban J connectivity index is 1.84. The van der Waals surface area contributed by atoms with E-state index < -0.39 is 0 Å². The number of nitrogens with zero attached hydrogens (tertiary/aromatic N) is 3. The van der Waals surface area contributed by atoms with E-state index in [1.54, 1.807) is 0 Å². The largest absolute Gasteiger partial charge is 0.371 e. The SMILES string of the molecule is NCCN(CC1CCN(c2ccncc2)CC1)C(=O)CBr. The van der Waals surface area contributed by atoms with E-state index in [1.165, 1.54) is 5.69 Å². The van der Waals surface area contributed by atoms with Crippen LogP contribution >= 0.6 is 15.9 Å². The number of anilines is 1. The van der Waals surface area contributed by atoms with E-state index in [2.05, 4.69) is 37.9 Å². The van der Waals surface area contributed by atoms with Gasteiger partial charge in [0.25, 0.3) is 0 Å². The van der Waals surface area contributed by atoms with Gasteiger partial charge in [0.2, 0.25) is 5.91 Å². The molecule has 1 fully saturated rings. The lowest BCUT2D eigenvalue weighted by molar-refractivity contribution is -0.128. The van der Waals surface area contributed by atoms with Crippen LogP contribution in [0.1, 0.15) is 12.8 Å². The second-order valence-corrected chi connectivity index (χ2v) is 5.96. The summed E-state index contributed by atoms with van der Waals surface area (Å²) in [5.41, 5.74) is 6.84. The molecule has 1 aliphatic heterocycles. The van der Waals surface area contributed by atoms with Crippen molar-refractivity contribution in [2.24, 2.45) is 11.7 Å². The first-order chi connectivity index (χ1) is 10.2. The molecule has 116 valence electrons. The number of rotatable bonds is 6. The van der Waals surface area contributed by atoms with Crippen molar-refractivity contribution < 1.29 is 4.79 Å². The van der Waals surface area contributed by atoms with Crippen LogP contribution in [0.3, 0.4) is 0 Å². The van der Waals surface area contributed by atoms with Gasteiger partial charge in [-0.1, -0.05) is 15.9 Å². The first-order valence-corrected chi connectivity index (χ1v) is 8.55. The van der Waals surface area contributed by atoms with Gasteiger partial charge >= 0.3 is 0 Å². The van der Waals surface area contributed by atoms with Crippen LogP contribution in [0.15, 0.2) is 24.5 Å². The zero-order chi connectivity index (χ0) is 15.1. The van der Waals surface area contributed by atoms with Gasteiger partial charge in [0, 0.05) is 50.8 Å². The van der Waals surface area contributed by atoms with Gasteiger partial charge in [-0.15, -0.1) is 0 Å². The summed E-state index contributed by atoms with van der Waals surface area (Å²) in [5, 5.41) is 0.378. The minimum atomic E-state index is 0.136. The highest BCUT2D eigenvalue weighted by molar-refractivity contribution is 9.09. The monoisotopic (exact) mass is 354 g/mol. The number of alkyl halides is 1. The number of hydrogen-bond acceptors (Lipinski definition) is 4. The van der Waals surface area contributed by atoms with Crippen molar-refractivity contribution >= 4 is 27.5 Å². The maximum atomic E-state index is 11.9. The fourth-order valence-corrected chi connectivity index (χ4v) is 3.15. The maximum Gasteiger partial charge on any atom is 0.233 e. The molecule has 2 N–H and O–H groups in total. The number of nitrogens with two attached hydrogens (primary N) is 1. The van der Waals surface area contributed by atoms with Crippen LogP contribution in [0.5, 0.6) is 0 Å². The summed E-state index contributed by atoms with van der Waals surface area (Å²) in [6, 6.07) is 4.10. The number of carbonyl (C=O) groups excluding carboxylic acids is 1. The average molecular weight is 355 g/mol. The third kappa shape index (κ3) is 4.68. The molecular formula is C15H23BrN4O. The molecule has 0 aromatic carbocycles. The smallest absolute Gasteiger partial charge is 0.233 e. The number of carbonyl (C=O) groups is 1. The Kier molecular flexibility index (Phi) is 6.45. The molecule has 0 radical (unpaired) electrons. The number of pyridine rings is 1. The molecule has 2 heterocycles. The summed E-state index contributed by atoms with van der Waals surface area (Å²) in [4.78, 5) is 20.2. The quantitative estimate of drug-likeness (QED) is 0.786. The van der Waals surface area contributed by atoms with Crippen LogP contribution in [-0.4, -0.2) is 53.8 Å². The van der Waals surface area contributed by atoms with Gasteiger partial charge < -0.3 is 15.5 Å². The lowest BCUT2D eigenvalue weighted by atomic mass is 9.95. The lowest BCUT2D eigenvalue weighted by Gasteiger charge is -2.36. The fourth-order valence-electron chi connectivity index (χ4n) is 2.80. The summed E-state index contributed by atoms with van der Waals surface area (Å²) < 4.78 is 0. The molecule has 1 aromatic rings. The van der Waals surface area contributed by atoms with Crippen molar-refractivity contribution in [2.45, 2.75) is 12.8 Å². The third-order valence-corrected chi connectivity index (χ3v) is 4.47. The average Bonchev–Trinajstić information content (AvgIpc) is 2.55. The van der Waals surface area contributed by atoms with Crippen molar-refractivity contribution in [3.05, 3.63) is 24.5 Å². The Bertz CT molecular complexity index is 435. The van der Waals surface area contributed by atoms with Crippen LogP contribution in [0.4, 0.5) is 5.69 Å². The van der Waals surface area contributed by atoms with Crippen LogP contribution in [0, 0.1) is 5.92 Å². The van der Waals surface area contributed by atoms with Gasteiger partial charge in [0.15, 0.2) is 0 Å². The Morgan fingerprint density at radius 2 is 2.05 bits per heavy atom. The molecule has 2 rings (SSSR count). The molecule has 1 aromatic heterocycles. The molecule has 1 saturated heterocycles. The third-order valence-electron chi connectivity index (χ3n) is 3.99. The molecule has 0 unspecified atom stereocenters. The van der Waals surface area contributed by atoms with E-state index >= 15 is 0 Å². The Hall–Kier alpha value is -1.14. The van der Waals surface area contributed by atoms with E-state index in [1.807, 2.05) is 17.3 Å². The van der Waals surface area contributed by atoms with Crippen molar-refractivity contribution in [2.75, 3.05) is 43.0 Å². The van der Waals surface area contributed by atoms with Crippen LogP contribution in [0.2, 0.25) is 0 Å². The summed E-state index contributed by atoms with van der Waals surface area (Å²) in [5.74, 6) is 0.703. The zero-order valence-electron chi connectivity index (χ0n) is 12.2. The number of piperidine rings is 1. The summed E-state index contributed by atoms with van der Waals surface area (Å²) in [7, 11) is 0. The molecule has 21 heavy (non-hydrogen) atoms. The van der Waals surface area contributed by atoms with Crippen molar-refractivity contribution in [3.63, 3.8) is 0 Å². The second-order valence-electron chi connectivity index (χ2n) is 5.40. The lowest BCUT2D eigenvalue weighted by Crippen LogP contribution is -2.43. The van der Waals surface area contributed by atoms with Crippen molar-refractivity contribution in [1.29, 1.82) is 0 Å². The minimum absolute atomic E-state index is 0.136. The van der Waals surface area contributed by atoms with Gasteiger partial charge in [0.1, 0.15) is 0 Å². The first-order valence-electron chi connectivity index (χ1n) is 7.43. The molecule has 0 spiro atoms. The molecule has 0 atom stereocenters. The molecular weight excluding hydrogens is 332 g/mol. The highest BCUT2D eigenvalue weighted by Gasteiger charge is 2.23. The topological polar surface area (TPSA) is 62.5 Å². The van der Waals surface area contributed by atoms with Crippen LogP contribution in [0.25, 0.3) is 0 Å². The van der Waals surface area contributed by atoms with E-state index in [0.717, 1.165) is 32.5 Å². The second kappa shape index (κ2) is 8.34. The number of amides is 1. The predicted molar refractivity (Wildman–Crippen MR) is 88.6 cm³/mol. The summed E-state index contributed by atoms with van der Waals surface area (Å²) in [6.45, 7) is 4.07. The van der Waals surface area contributed by atoms with E-state index in [9.17, 15) is 4.79 Å².